The molecule has 580 valence electrons. The molecule has 0 N–H and O–H groups in total. The Bertz CT molecular complexity index is 6550. The number of halogens is 3. The SMILES string of the molecule is [Cl][Pt+].[Cl][Pt+].[Cl][Pt+].[c-]1c(-c2cc(-c3ccc(-c4ccccc4)cc3)ccn2)ccc2c1N(c1nc3ccccc3s1)c1ccccc1O2.[c-]1c(-c2cc(-c3ccc(-c4ccccc4)cc3)ccn2)cccc1N1c2ccccc2Oc2ocnc21.[c-]1c(Oc2nc3ccccc3o2)cccc1-c1cc(-c2ccc(-c3ccccc3)cc2)ccn1. The fourth-order valence-electron chi connectivity index (χ4n) is 13.7. The standard InChI is InChI=1S/C36H22N3OS.C32H20N3O2.C30H19N2O2.3ClH.3Pt/c1-2-8-24(9-3-1)25-14-16-26(17-15-25)27-20-21-37-30(22-27)28-18-19-34-32(23-28)39(31-11-5-6-12-33(31)40-34)36-38-29-10-4-7-13-35(29)41-36;1-2-7-22(8-3-1)23-13-15-24(16-14-23)25-17-18-33-28(20-25)26-9-6-10-27(19-26)35-29-11-4-5-12-30(29)37-32-31(35)34-21-36-32;1-2-7-21(8-3-1)22-13-15-23(16-14-22)24-17-18-31-28(20-24)25-9-6-10-26(19-25)33-30-32-27-11-4-5-12-29(27)34-30;;;;;;/h1-22H;1-18,20-21H;1-18,20H;3*1H;;;/q3*-1;;;;3*+2/p-3. The summed E-state index contributed by atoms with van der Waals surface area (Å²) in [6.45, 7) is 0. The molecule has 21 rings (SSSR count). The monoisotopic (exact) mass is 2150 g/mol. The van der Waals surface area contributed by atoms with Crippen LogP contribution in [-0.2, 0) is 56.3 Å². The molecule has 13 nitrogen and oxygen atoms in total. The molecule has 0 radical (unpaired) electrons. The topological polar surface area (TPSA) is 138 Å². The van der Waals surface area contributed by atoms with Crippen molar-refractivity contribution in [1.29, 1.82) is 0 Å². The Kier molecular flexibility index (Phi) is 25.8. The number of hydrogen-bond donors (Lipinski definition) is 0. The summed E-state index contributed by atoms with van der Waals surface area (Å²) in [5.74, 6) is 3.69. The van der Waals surface area contributed by atoms with E-state index in [1.165, 1.54) is 39.8 Å². The summed E-state index contributed by atoms with van der Waals surface area (Å²) in [5.41, 5.74) is 24.8. The molecule has 0 bridgehead atoms. The maximum Gasteiger partial charge on any atom is 0.398 e. The first kappa shape index (κ1) is 79.6. The van der Waals surface area contributed by atoms with Gasteiger partial charge >= 0.3 is 96.6 Å². The molecule has 0 atom stereocenters. The molecule has 0 saturated carbocycles. The zero-order chi connectivity index (χ0) is 80.5. The summed E-state index contributed by atoms with van der Waals surface area (Å²) in [7, 11) is 13.8. The minimum absolute atomic E-state index is 0.190. The summed E-state index contributed by atoms with van der Waals surface area (Å²) in [6.07, 6.45) is 7.10. The van der Waals surface area contributed by atoms with Gasteiger partial charge in [0.1, 0.15) is 11.3 Å². The summed E-state index contributed by atoms with van der Waals surface area (Å²) in [4.78, 5) is 31.8. The number of hydrogen-bond acceptors (Lipinski definition) is 14. The molecule has 0 unspecified atom stereocenters. The second-order valence-corrected chi connectivity index (χ2v) is 27.4. The predicted octanol–water partition coefficient (Wildman–Crippen LogP) is 28.4. The first-order chi connectivity index (χ1) is 58.4. The summed E-state index contributed by atoms with van der Waals surface area (Å²) < 4.78 is 30.3. The van der Waals surface area contributed by atoms with Crippen molar-refractivity contribution < 1.29 is 79.4 Å². The fourth-order valence-corrected chi connectivity index (χ4v) is 14.7. The van der Waals surface area contributed by atoms with Gasteiger partial charge in [0.15, 0.2) is 22.9 Å². The number of para-hydroxylation sites is 7. The Hall–Kier alpha value is -12.2. The summed E-state index contributed by atoms with van der Waals surface area (Å²) >= 11 is 6.49. The molecule has 13 aromatic carbocycles. The van der Waals surface area contributed by atoms with Crippen molar-refractivity contribution in [3.05, 3.63) is 389 Å². The minimum atomic E-state index is 0.190. The summed E-state index contributed by atoms with van der Waals surface area (Å²) in [5, 5.41) is 0.872. The number of thiazole rings is 1. The van der Waals surface area contributed by atoms with Crippen LogP contribution in [0.3, 0.4) is 0 Å². The fraction of sp³-hybridized carbons (Fsp3) is 0. The van der Waals surface area contributed by atoms with Crippen LogP contribution >= 0.6 is 39.6 Å². The van der Waals surface area contributed by atoms with Gasteiger partial charge in [0.2, 0.25) is 5.82 Å². The quantitative estimate of drug-likeness (QED) is 0.101. The van der Waals surface area contributed by atoms with Crippen LogP contribution < -0.4 is 24.0 Å². The number of rotatable bonds is 13. The van der Waals surface area contributed by atoms with Gasteiger partial charge in [-0.3, -0.25) is 4.90 Å². The second-order valence-electron chi connectivity index (χ2n) is 26.4. The summed E-state index contributed by atoms with van der Waals surface area (Å²) in [6, 6.07) is 127. The molecule has 0 fully saturated rings. The molecule has 2 aliphatic heterocycles. The van der Waals surface area contributed by atoms with E-state index in [1.807, 2.05) is 193 Å². The largest absolute Gasteiger partial charge is 0.497 e. The smallest absolute Gasteiger partial charge is 0.398 e. The van der Waals surface area contributed by atoms with Gasteiger partial charge in [-0.15, -0.1) is 77.4 Å². The third-order valence-corrected chi connectivity index (χ3v) is 20.3. The molecule has 0 amide bonds. The third kappa shape index (κ3) is 18.0. The second kappa shape index (κ2) is 38.3. The molecule has 0 aliphatic carbocycles. The van der Waals surface area contributed by atoms with E-state index in [2.05, 4.69) is 247 Å². The molecule has 118 heavy (non-hydrogen) atoms. The van der Waals surface area contributed by atoms with Crippen molar-refractivity contribution >= 4 is 94.6 Å². The van der Waals surface area contributed by atoms with Crippen LogP contribution in [0, 0.1) is 18.2 Å². The van der Waals surface area contributed by atoms with Crippen molar-refractivity contribution in [2.45, 2.75) is 0 Å². The van der Waals surface area contributed by atoms with E-state index < -0.39 is 0 Å². The van der Waals surface area contributed by atoms with Crippen LogP contribution in [-0.4, -0.2) is 29.9 Å². The Balaban J connectivity index is 0.000000129. The van der Waals surface area contributed by atoms with Crippen LogP contribution in [0.15, 0.2) is 380 Å². The predicted molar refractivity (Wildman–Crippen MR) is 463 cm³/mol. The van der Waals surface area contributed by atoms with Crippen LogP contribution in [0.2, 0.25) is 0 Å². The van der Waals surface area contributed by atoms with E-state index in [0.717, 1.165) is 122 Å². The van der Waals surface area contributed by atoms with Crippen LogP contribution in [0.1, 0.15) is 0 Å². The van der Waals surface area contributed by atoms with Crippen molar-refractivity contribution in [1.82, 2.24) is 29.9 Å². The average Bonchev–Trinajstić information content (AvgIpc) is 1.32. The molecule has 6 aromatic heterocycles. The normalized spacial score (nSPS) is 11.3. The number of aromatic nitrogens is 6. The number of ether oxygens (including phenoxy) is 3. The zero-order valence-electron chi connectivity index (χ0n) is 61.8. The number of pyridine rings is 3. The van der Waals surface area contributed by atoms with E-state index in [9.17, 15) is 0 Å². The van der Waals surface area contributed by atoms with Crippen LogP contribution in [0.4, 0.5) is 33.7 Å². The molecule has 19 aromatic rings. The molecule has 0 spiro atoms. The van der Waals surface area contributed by atoms with Gasteiger partial charge in [0.05, 0.1) is 33.1 Å². The van der Waals surface area contributed by atoms with Crippen molar-refractivity contribution in [2.24, 2.45) is 0 Å². The van der Waals surface area contributed by atoms with Gasteiger partial charge in [0.25, 0.3) is 0 Å². The maximum atomic E-state index is 6.32. The van der Waals surface area contributed by atoms with E-state index in [0.29, 0.717) is 28.8 Å². The Labute approximate surface area is 731 Å². The zero-order valence-corrected chi connectivity index (χ0v) is 71.7. The van der Waals surface area contributed by atoms with Gasteiger partial charge in [-0.05, 0) is 156 Å². The first-order valence-electron chi connectivity index (χ1n) is 36.8. The maximum absolute atomic E-state index is 6.32. The van der Waals surface area contributed by atoms with Crippen LogP contribution in [0.5, 0.6) is 35.0 Å². The van der Waals surface area contributed by atoms with E-state index in [-0.39, 0.29) is 6.08 Å². The molecular weight excluding hydrogens is 2090 g/mol. The Morgan fingerprint density at radius 2 is 0.780 bits per heavy atom. The van der Waals surface area contributed by atoms with Crippen molar-refractivity contribution in [2.75, 3.05) is 9.80 Å². The first-order valence-corrected chi connectivity index (χ1v) is 46.0. The number of fused-ring (bicyclic) bond motifs is 6. The van der Waals surface area contributed by atoms with E-state index >= 15 is 0 Å². The van der Waals surface area contributed by atoms with Crippen molar-refractivity contribution in [3.63, 3.8) is 0 Å². The van der Waals surface area contributed by atoms with Gasteiger partial charge < -0.3 is 42.9 Å². The number of oxazole rings is 2. The molecule has 8 heterocycles. The molecule has 20 heteroatoms. The molecule has 2 aliphatic rings. The van der Waals surface area contributed by atoms with E-state index in [4.69, 9.17) is 33.0 Å². The van der Waals surface area contributed by atoms with Gasteiger partial charge in [-0.1, -0.05) is 248 Å². The number of anilines is 6. The van der Waals surface area contributed by atoms with Gasteiger partial charge in [-0.2, -0.15) is 9.97 Å². The minimum Gasteiger partial charge on any atom is -0.497 e. The average molecular weight is 2150 g/mol. The Morgan fingerprint density at radius 1 is 0.339 bits per heavy atom. The van der Waals surface area contributed by atoms with Crippen LogP contribution in [0.25, 0.3) is 122 Å². The van der Waals surface area contributed by atoms with Gasteiger partial charge in [-0.25, -0.2) is 4.98 Å². The number of nitrogens with zero attached hydrogens (tertiary/aromatic N) is 8. The molecule has 0 saturated heterocycles. The Morgan fingerprint density at radius 3 is 1.31 bits per heavy atom. The van der Waals surface area contributed by atoms with Gasteiger partial charge in [0, 0.05) is 24.3 Å². The molecular formula is C98H61Cl3N8O5Pt3S. The number of benzene rings is 13. The third-order valence-electron chi connectivity index (χ3n) is 19.3. The van der Waals surface area contributed by atoms with Crippen molar-refractivity contribution in [3.8, 4) is 136 Å². The van der Waals surface area contributed by atoms with E-state index in [1.54, 1.807) is 67.7 Å².